The van der Waals surface area contributed by atoms with E-state index in [4.69, 9.17) is 5.73 Å². The fourth-order valence-electron chi connectivity index (χ4n) is 1.31. The van der Waals surface area contributed by atoms with Crippen molar-refractivity contribution in [3.8, 4) is 0 Å². The van der Waals surface area contributed by atoms with Crippen LogP contribution >= 0.6 is 0 Å². The summed E-state index contributed by atoms with van der Waals surface area (Å²) in [4.78, 5) is 11.2. The van der Waals surface area contributed by atoms with Crippen molar-refractivity contribution in [3.05, 3.63) is 29.3 Å². The molecule has 0 saturated carbocycles. The molecule has 0 saturated heterocycles. The Balaban J connectivity index is 2.75. The molecule has 0 bridgehead atoms. The number of nitrogens with two attached hydrogens (primary N) is 1. The van der Waals surface area contributed by atoms with Crippen LogP contribution in [-0.2, 0) is 5.91 Å². The summed E-state index contributed by atoms with van der Waals surface area (Å²) in [6.45, 7) is 0. The SMILES string of the molecule is Nc1cccc2c1C(=O)N=NC2(O)O. The fourth-order valence-corrected chi connectivity index (χ4v) is 1.31. The van der Waals surface area contributed by atoms with Gasteiger partial charge in [-0.05, 0) is 6.07 Å². The van der Waals surface area contributed by atoms with Crippen LogP contribution in [0.15, 0.2) is 28.4 Å². The van der Waals surface area contributed by atoms with Crippen molar-refractivity contribution in [1.29, 1.82) is 0 Å². The molecule has 1 aromatic rings. The summed E-state index contributed by atoms with van der Waals surface area (Å²) in [6, 6.07) is 4.35. The maximum absolute atomic E-state index is 11.2. The Morgan fingerprint density at radius 3 is 2.71 bits per heavy atom. The van der Waals surface area contributed by atoms with Crippen molar-refractivity contribution >= 4 is 11.6 Å². The first-order valence-corrected chi connectivity index (χ1v) is 3.83. The zero-order chi connectivity index (χ0) is 10.3. The Labute approximate surface area is 78.7 Å². The van der Waals surface area contributed by atoms with Gasteiger partial charge in [0.2, 0.25) is 0 Å². The van der Waals surface area contributed by atoms with Gasteiger partial charge in [0.25, 0.3) is 5.91 Å². The van der Waals surface area contributed by atoms with Crippen LogP contribution in [0, 0.1) is 0 Å². The third-order valence-electron chi connectivity index (χ3n) is 1.95. The molecular formula is C8H7N3O3. The lowest BCUT2D eigenvalue weighted by molar-refractivity contribution is -0.168. The average molecular weight is 193 g/mol. The van der Waals surface area contributed by atoms with Gasteiger partial charge in [-0.25, -0.2) is 0 Å². The third-order valence-corrected chi connectivity index (χ3v) is 1.95. The van der Waals surface area contributed by atoms with Crippen LogP contribution in [-0.4, -0.2) is 16.1 Å². The lowest BCUT2D eigenvalue weighted by Gasteiger charge is -2.21. The molecule has 0 atom stereocenters. The van der Waals surface area contributed by atoms with Crippen molar-refractivity contribution in [3.63, 3.8) is 0 Å². The Hall–Kier alpha value is -1.79. The lowest BCUT2D eigenvalue weighted by atomic mass is 10.0. The minimum Gasteiger partial charge on any atom is -0.398 e. The van der Waals surface area contributed by atoms with Crippen LogP contribution in [0.5, 0.6) is 0 Å². The quantitative estimate of drug-likeness (QED) is 0.397. The van der Waals surface area contributed by atoms with Gasteiger partial charge in [-0.1, -0.05) is 12.1 Å². The fraction of sp³-hybridized carbons (Fsp3) is 0.125. The van der Waals surface area contributed by atoms with Crippen LogP contribution < -0.4 is 5.73 Å². The highest BCUT2D eigenvalue weighted by atomic mass is 16.5. The molecule has 6 nitrogen and oxygen atoms in total. The number of benzene rings is 1. The Morgan fingerprint density at radius 1 is 1.36 bits per heavy atom. The topological polar surface area (TPSA) is 108 Å². The number of nitrogens with zero attached hydrogens (tertiary/aromatic N) is 2. The van der Waals surface area contributed by atoms with Crippen molar-refractivity contribution in [2.45, 2.75) is 5.91 Å². The van der Waals surface area contributed by atoms with E-state index in [9.17, 15) is 15.0 Å². The van der Waals surface area contributed by atoms with Gasteiger partial charge in [0.1, 0.15) is 0 Å². The summed E-state index contributed by atoms with van der Waals surface area (Å²) >= 11 is 0. The van der Waals surface area contributed by atoms with Gasteiger partial charge in [-0.3, -0.25) is 4.79 Å². The third kappa shape index (κ3) is 1.09. The van der Waals surface area contributed by atoms with Gasteiger partial charge in [-0.15, -0.1) is 10.2 Å². The van der Waals surface area contributed by atoms with Gasteiger partial charge in [-0.2, -0.15) is 0 Å². The van der Waals surface area contributed by atoms with Crippen molar-refractivity contribution in [1.82, 2.24) is 0 Å². The highest BCUT2D eigenvalue weighted by molar-refractivity contribution is 6.01. The van der Waals surface area contributed by atoms with Crippen molar-refractivity contribution in [2.75, 3.05) is 5.73 Å². The summed E-state index contributed by atoms with van der Waals surface area (Å²) in [5, 5.41) is 24.9. The minimum atomic E-state index is -2.46. The maximum Gasteiger partial charge on any atom is 0.312 e. The number of azo groups is 1. The minimum absolute atomic E-state index is 0.00694. The van der Waals surface area contributed by atoms with Gasteiger partial charge < -0.3 is 15.9 Å². The summed E-state index contributed by atoms with van der Waals surface area (Å²) in [5.41, 5.74) is 5.61. The number of amides is 1. The molecule has 0 unspecified atom stereocenters. The molecule has 1 aliphatic rings. The molecule has 2 rings (SSSR count). The number of carbonyl (C=O) groups excluding carboxylic acids is 1. The standard InChI is InChI=1S/C8H7N3O3/c9-5-3-1-2-4-6(5)7(12)10-11-8(4,13)14/h1-3,13-14H,9H2. The second-order valence-electron chi connectivity index (χ2n) is 2.91. The second kappa shape index (κ2) is 2.60. The summed E-state index contributed by atoms with van der Waals surface area (Å²) in [5.74, 6) is -3.13. The Morgan fingerprint density at radius 2 is 2.07 bits per heavy atom. The molecule has 1 heterocycles. The van der Waals surface area contributed by atoms with E-state index in [1.54, 1.807) is 0 Å². The molecule has 0 radical (unpaired) electrons. The maximum atomic E-state index is 11.2. The number of hydrogen-bond donors (Lipinski definition) is 3. The number of anilines is 1. The summed E-state index contributed by atoms with van der Waals surface area (Å²) in [7, 11) is 0. The van der Waals surface area contributed by atoms with E-state index in [1.807, 2.05) is 0 Å². The number of aliphatic hydroxyl groups is 2. The number of rotatable bonds is 0. The van der Waals surface area contributed by atoms with E-state index in [0.29, 0.717) is 0 Å². The number of nitrogen functional groups attached to an aromatic ring is 1. The monoisotopic (exact) mass is 193 g/mol. The normalized spacial score (nSPS) is 18.0. The van der Waals surface area contributed by atoms with Gasteiger partial charge >= 0.3 is 5.91 Å². The van der Waals surface area contributed by atoms with Crippen LogP contribution in [0.1, 0.15) is 15.9 Å². The predicted octanol–water partition coefficient (Wildman–Crippen LogP) is -0.0303. The van der Waals surface area contributed by atoms with E-state index in [1.165, 1.54) is 18.2 Å². The highest BCUT2D eigenvalue weighted by Crippen LogP contribution is 2.31. The molecule has 6 heteroatoms. The van der Waals surface area contributed by atoms with E-state index in [-0.39, 0.29) is 16.8 Å². The first-order chi connectivity index (χ1) is 6.52. The molecule has 1 aliphatic heterocycles. The van der Waals surface area contributed by atoms with Crippen molar-refractivity contribution < 1.29 is 15.0 Å². The summed E-state index contributed by atoms with van der Waals surface area (Å²) in [6.07, 6.45) is 0. The molecule has 0 fully saturated rings. The number of carbonyl (C=O) groups is 1. The van der Waals surface area contributed by atoms with E-state index in [2.05, 4.69) is 10.2 Å². The average Bonchev–Trinajstić information content (AvgIpc) is 2.12. The molecule has 0 aliphatic carbocycles. The van der Waals surface area contributed by atoms with E-state index < -0.39 is 11.8 Å². The molecular weight excluding hydrogens is 186 g/mol. The smallest absolute Gasteiger partial charge is 0.312 e. The second-order valence-corrected chi connectivity index (χ2v) is 2.91. The predicted molar refractivity (Wildman–Crippen MR) is 46.2 cm³/mol. The van der Waals surface area contributed by atoms with Crippen LogP contribution in [0.2, 0.25) is 0 Å². The molecule has 1 amide bonds. The van der Waals surface area contributed by atoms with E-state index >= 15 is 0 Å². The molecule has 1 aromatic carbocycles. The van der Waals surface area contributed by atoms with Gasteiger partial charge in [0.15, 0.2) is 0 Å². The molecule has 14 heavy (non-hydrogen) atoms. The number of hydrogen-bond acceptors (Lipinski definition) is 5. The van der Waals surface area contributed by atoms with Gasteiger partial charge in [0, 0.05) is 5.69 Å². The Bertz CT molecular complexity index is 439. The molecule has 4 N–H and O–H groups in total. The first-order valence-electron chi connectivity index (χ1n) is 3.83. The largest absolute Gasteiger partial charge is 0.398 e. The van der Waals surface area contributed by atoms with Gasteiger partial charge in [0.05, 0.1) is 11.1 Å². The van der Waals surface area contributed by atoms with Crippen LogP contribution in [0.3, 0.4) is 0 Å². The summed E-state index contributed by atoms with van der Waals surface area (Å²) < 4.78 is 0. The number of fused-ring (bicyclic) bond motifs is 1. The van der Waals surface area contributed by atoms with E-state index in [0.717, 1.165) is 0 Å². The first kappa shape index (κ1) is 8.79. The molecule has 0 spiro atoms. The molecule has 72 valence electrons. The lowest BCUT2D eigenvalue weighted by Crippen LogP contribution is -2.28. The Kier molecular flexibility index (Phi) is 1.63. The zero-order valence-corrected chi connectivity index (χ0v) is 7.01. The highest BCUT2D eigenvalue weighted by Gasteiger charge is 2.35. The van der Waals surface area contributed by atoms with Crippen LogP contribution in [0.25, 0.3) is 0 Å². The zero-order valence-electron chi connectivity index (χ0n) is 7.01. The molecule has 0 aromatic heterocycles. The van der Waals surface area contributed by atoms with Crippen LogP contribution in [0.4, 0.5) is 5.69 Å². The van der Waals surface area contributed by atoms with Crippen molar-refractivity contribution in [2.24, 2.45) is 10.2 Å².